The first-order valence-electron chi connectivity index (χ1n) is 5.91. The van der Waals surface area contributed by atoms with Crippen molar-refractivity contribution in [1.82, 2.24) is 14.6 Å². The SMILES string of the molecule is Brc1cccc2nnc(CC3CCOCC3)n12. The smallest absolute Gasteiger partial charge is 0.161 e. The van der Waals surface area contributed by atoms with Gasteiger partial charge in [-0.25, -0.2) is 0 Å². The molecule has 1 aliphatic rings. The fourth-order valence-electron chi connectivity index (χ4n) is 2.30. The molecule has 0 bridgehead atoms. The monoisotopic (exact) mass is 295 g/mol. The summed E-state index contributed by atoms with van der Waals surface area (Å²) in [6.07, 6.45) is 3.23. The van der Waals surface area contributed by atoms with Crippen molar-refractivity contribution in [3.8, 4) is 0 Å². The number of fused-ring (bicyclic) bond motifs is 1. The minimum atomic E-state index is 0.670. The van der Waals surface area contributed by atoms with E-state index in [-0.39, 0.29) is 0 Å². The summed E-state index contributed by atoms with van der Waals surface area (Å²) in [7, 11) is 0. The third kappa shape index (κ3) is 2.21. The van der Waals surface area contributed by atoms with Crippen LogP contribution in [0.4, 0.5) is 0 Å². The van der Waals surface area contributed by atoms with Gasteiger partial charge in [-0.15, -0.1) is 10.2 Å². The number of halogens is 1. The molecule has 1 aliphatic heterocycles. The van der Waals surface area contributed by atoms with Gasteiger partial charge in [0.25, 0.3) is 0 Å². The first-order valence-corrected chi connectivity index (χ1v) is 6.70. The van der Waals surface area contributed by atoms with E-state index in [2.05, 4.69) is 30.5 Å². The second-order valence-electron chi connectivity index (χ2n) is 4.42. The van der Waals surface area contributed by atoms with Crippen LogP contribution in [0.15, 0.2) is 22.8 Å². The van der Waals surface area contributed by atoms with Crippen molar-refractivity contribution in [1.29, 1.82) is 0 Å². The molecule has 2 aromatic heterocycles. The van der Waals surface area contributed by atoms with Gasteiger partial charge in [-0.1, -0.05) is 6.07 Å². The molecule has 17 heavy (non-hydrogen) atoms. The predicted molar refractivity (Wildman–Crippen MR) is 67.9 cm³/mol. The lowest BCUT2D eigenvalue weighted by Gasteiger charge is -2.21. The second-order valence-corrected chi connectivity index (χ2v) is 5.23. The molecule has 0 amide bonds. The number of ether oxygens (including phenoxy) is 1. The highest BCUT2D eigenvalue weighted by atomic mass is 79.9. The zero-order valence-electron chi connectivity index (χ0n) is 9.47. The Bertz CT molecular complexity index is 519. The van der Waals surface area contributed by atoms with Crippen molar-refractivity contribution in [2.45, 2.75) is 19.3 Å². The molecular weight excluding hydrogens is 282 g/mol. The van der Waals surface area contributed by atoms with Gasteiger partial charge >= 0.3 is 0 Å². The van der Waals surface area contributed by atoms with Gasteiger partial charge in [0.2, 0.25) is 0 Å². The van der Waals surface area contributed by atoms with E-state index in [1.165, 1.54) is 0 Å². The summed E-state index contributed by atoms with van der Waals surface area (Å²) in [6.45, 7) is 1.76. The minimum absolute atomic E-state index is 0.670. The number of aromatic nitrogens is 3. The zero-order valence-corrected chi connectivity index (χ0v) is 11.1. The number of rotatable bonds is 2. The molecule has 3 rings (SSSR count). The van der Waals surface area contributed by atoms with Gasteiger partial charge in [0.1, 0.15) is 5.82 Å². The van der Waals surface area contributed by atoms with Crippen LogP contribution < -0.4 is 0 Å². The van der Waals surface area contributed by atoms with Gasteiger partial charge in [0.05, 0.1) is 4.60 Å². The molecular formula is C12H14BrN3O. The normalized spacial score (nSPS) is 17.7. The van der Waals surface area contributed by atoms with Crippen molar-refractivity contribution in [2.75, 3.05) is 13.2 Å². The van der Waals surface area contributed by atoms with E-state index in [1.807, 2.05) is 18.2 Å². The summed E-state index contributed by atoms with van der Waals surface area (Å²) in [5.74, 6) is 1.71. The Labute approximate surface area is 108 Å². The van der Waals surface area contributed by atoms with Crippen molar-refractivity contribution in [3.05, 3.63) is 28.6 Å². The highest BCUT2D eigenvalue weighted by molar-refractivity contribution is 9.10. The first-order chi connectivity index (χ1) is 8.34. The third-order valence-corrected chi connectivity index (χ3v) is 3.88. The van der Waals surface area contributed by atoms with Crippen LogP contribution in [-0.4, -0.2) is 27.8 Å². The molecule has 0 aromatic carbocycles. The summed E-state index contributed by atoms with van der Waals surface area (Å²) in [5.41, 5.74) is 0.904. The number of nitrogens with zero attached hydrogens (tertiary/aromatic N) is 3. The van der Waals surface area contributed by atoms with Gasteiger partial charge in [-0.05, 0) is 46.8 Å². The van der Waals surface area contributed by atoms with Crippen molar-refractivity contribution < 1.29 is 4.74 Å². The lowest BCUT2D eigenvalue weighted by Crippen LogP contribution is -2.18. The Balaban J connectivity index is 1.89. The van der Waals surface area contributed by atoms with Gasteiger partial charge in [0, 0.05) is 19.6 Å². The first kappa shape index (κ1) is 11.2. The Morgan fingerprint density at radius 1 is 1.29 bits per heavy atom. The van der Waals surface area contributed by atoms with Crippen molar-refractivity contribution in [2.24, 2.45) is 5.92 Å². The van der Waals surface area contributed by atoms with Crippen LogP contribution in [0.5, 0.6) is 0 Å². The third-order valence-electron chi connectivity index (χ3n) is 3.26. The fraction of sp³-hybridized carbons (Fsp3) is 0.500. The van der Waals surface area contributed by atoms with E-state index in [0.717, 1.165) is 48.6 Å². The summed E-state index contributed by atoms with van der Waals surface area (Å²) >= 11 is 3.55. The van der Waals surface area contributed by atoms with Gasteiger partial charge in [-0.3, -0.25) is 4.40 Å². The number of hydrogen-bond acceptors (Lipinski definition) is 3. The van der Waals surface area contributed by atoms with E-state index in [1.54, 1.807) is 0 Å². The maximum atomic E-state index is 5.38. The summed E-state index contributed by atoms with van der Waals surface area (Å²) in [4.78, 5) is 0. The number of hydrogen-bond donors (Lipinski definition) is 0. The Hall–Kier alpha value is -0.940. The molecule has 0 unspecified atom stereocenters. The Morgan fingerprint density at radius 3 is 2.94 bits per heavy atom. The molecule has 90 valence electrons. The summed E-state index contributed by atoms with van der Waals surface area (Å²) in [5, 5.41) is 8.49. The highest BCUT2D eigenvalue weighted by Gasteiger charge is 2.18. The van der Waals surface area contributed by atoms with Crippen LogP contribution in [0.3, 0.4) is 0 Å². The van der Waals surface area contributed by atoms with Crippen LogP contribution >= 0.6 is 15.9 Å². The van der Waals surface area contributed by atoms with E-state index in [9.17, 15) is 0 Å². The molecule has 4 nitrogen and oxygen atoms in total. The minimum Gasteiger partial charge on any atom is -0.381 e. The van der Waals surface area contributed by atoms with Crippen molar-refractivity contribution in [3.63, 3.8) is 0 Å². The molecule has 0 spiro atoms. The van der Waals surface area contributed by atoms with Crippen LogP contribution in [0.1, 0.15) is 18.7 Å². The molecule has 2 aromatic rings. The van der Waals surface area contributed by atoms with Gasteiger partial charge in [-0.2, -0.15) is 0 Å². The lowest BCUT2D eigenvalue weighted by atomic mass is 9.96. The number of pyridine rings is 1. The van der Waals surface area contributed by atoms with Crippen LogP contribution in [0, 0.1) is 5.92 Å². The van der Waals surface area contributed by atoms with Crippen molar-refractivity contribution >= 4 is 21.6 Å². The predicted octanol–water partition coefficient (Wildman–Crippen LogP) is 2.46. The lowest BCUT2D eigenvalue weighted by molar-refractivity contribution is 0.0659. The summed E-state index contributed by atoms with van der Waals surface area (Å²) < 4.78 is 8.47. The fourth-order valence-corrected chi connectivity index (χ4v) is 2.84. The van der Waals surface area contributed by atoms with E-state index in [4.69, 9.17) is 4.74 Å². The topological polar surface area (TPSA) is 39.4 Å². The highest BCUT2D eigenvalue weighted by Crippen LogP contribution is 2.21. The van der Waals surface area contributed by atoms with E-state index < -0.39 is 0 Å². The van der Waals surface area contributed by atoms with Crippen LogP contribution in [0.2, 0.25) is 0 Å². The molecule has 1 saturated heterocycles. The van der Waals surface area contributed by atoms with Gasteiger partial charge in [0.15, 0.2) is 5.65 Å². The van der Waals surface area contributed by atoms with Crippen LogP contribution in [0.25, 0.3) is 5.65 Å². The molecule has 0 saturated carbocycles. The Kier molecular flexibility index (Phi) is 3.11. The molecule has 5 heteroatoms. The van der Waals surface area contributed by atoms with Gasteiger partial charge < -0.3 is 4.74 Å². The standard InChI is InChI=1S/C12H14BrN3O/c13-10-2-1-3-11-14-15-12(16(10)11)8-9-4-6-17-7-5-9/h1-3,9H,4-8H2. The largest absolute Gasteiger partial charge is 0.381 e. The molecule has 0 N–H and O–H groups in total. The molecule has 0 radical (unpaired) electrons. The molecule has 0 atom stereocenters. The Morgan fingerprint density at radius 2 is 2.12 bits per heavy atom. The quantitative estimate of drug-likeness (QED) is 0.799. The average molecular weight is 296 g/mol. The maximum absolute atomic E-state index is 5.38. The van der Waals surface area contributed by atoms with E-state index >= 15 is 0 Å². The summed E-state index contributed by atoms with van der Waals surface area (Å²) in [6, 6.07) is 5.97. The molecule has 0 aliphatic carbocycles. The van der Waals surface area contributed by atoms with Crippen LogP contribution in [-0.2, 0) is 11.2 Å². The zero-order chi connectivity index (χ0) is 11.7. The average Bonchev–Trinajstić information content (AvgIpc) is 2.75. The second kappa shape index (κ2) is 4.74. The molecule has 1 fully saturated rings. The molecule has 3 heterocycles. The van der Waals surface area contributed by atoms with E-state index in [0.29, 0.717) is 5.92 Å². The maximum Gasteiger partial charge on any atom is 0.161 e.